The minimum absolute atomic E-state index is 0.329. The van der Waals surface area contributed by atoms with Gasteiger partial charge in [-0.2, -0.15) is 0 Å². The van der Waals surface area contributed by atoms with Crippen molar-refractivity contribution in [3.05, 3.63) is 71.4 Å². The second kappa shape index (κ2) is 8.79. The van der Waals surface area contributed by atoms with Gasteiger partial charge in [-0.05, 0) is 42.8 Å². The van der Waals surface area contributed by atoms with Crippen LogP contribution in [0.1, 0.15) is 10.6 Å². The van der Waals surface area contributed by atoms with Crippen LogP contribution < -0.4 is 20.1 Å². The first kappa shape index (κ1) is 19.7. The van der Waals surface area contributed by atoms with Crippen molar-refractivity contribution in [3.8, 4) is 17.4 Å². The second-order valence-corrected chi connectivity index (χ2v) is 7.64. The quantitative estimate of drug-likeness (QED) is 0.452. The Morgan fingerprint density at radius 3 is 2.73 bits per heavy atom. The largest absolute Gasteiger partial charge is 0.493 e. The Labute approximate surface area is 177 Å². The molecule has 0 aliphatic heterocycles. The number of hydrogen-bond donors (Lipinski definition) is 2. The normalized spacial score (nSPS) is 10.6. The van der Waals surface area contributed by atoms with E-state index in [0.717, 1.165) is 20.8 Å². The van der Waals surface area contributed by atoms with E-state index in [2.05, 4.69) is 20.6 Å². The van der Waals surface area contributed by atoms with E-state index in [-0.39, 0.29) is 6.03 Å². The summed E-state index contributed by atoms with van der Waals surface area (Å²) in [5.74, 6) is 1.61. The monoisotopic (exact) mass is 420 g/mol. The summed E-state index contributed by atoms with van der Waals surface area (Å²) in [6, 6.07) is 16.6. The van der Waals surface area contributed by atoms with Crippen LogP contribution in [0.15, 0.2) is 60.8 Å². The molecule has 2 heterocycles. The molecule has 0 saturated heterocycles. The van der Waals surface area contributed by atoms with Crippen LogP contribution in [0.25, 0.3) is 10.2 Å². The molecule has 152 valence electrons. The van der Waals surface area contributed by atoms with Crippen molar-refractivity contribution in [2.24, 2.45) is 0 Å². The molecule has 0 saturated carbocycles. The Balaban J connectivity index is 1.33. The third-order valence-corrected chi connectivity index (χ3v) is 5.30. The molecule has 2 aromatic carbocycles. The first-order valence-corrected chi connectivity index (χ1v) is 10.1. The number of fused-ring (bicyclic) bond motifs is 1. The number of aromatic nitrogens is 2. The van der Waals surface area contributed by atoms with Crippen molar-refractivity contribution < 1.29 is 14.3 Å². The predicted octanol–water partition coefficient (Wildman–Crippen LogP) is 5.12. The van der Waals surface area contributed by atoms with Gasteiger partial charge in [0.25, 0.3) is 0 Å². The zero-order valence-electron chi connectivity index (χ0n) is 16.5. The number of para-hydroxylation sites is 1. The van der Waals surface area contributed by atoms with E-state index >= 15 is 0 Å². The van der Waals surface area contributed by atoms with Crippen LogP contribution in [0.2, 0.25) is 0 Å². The summed E-state index contributed by atoms with van der Waals surface area (Å²) < 4.78 is 12.2. The molecule has 0 spiro atoms. The maximum Gasteiger partial charge on any atom is 0.319 e. The number of rotatable bonds is 6. The van der Waals surface area contributed by atoms with Gasteiger partial charge in [-0.15, -0.1) is 11.3 Å². The molecule has 2 amide bonds. The average molecular weight is 420 g/mol. The summed E-state index contributed by atoms with van der Waals surface area (Å²) in [7, 11) is 1.59. The van der Waals surface area contributed by atoms with Crippen LogP contribution in [0.4, 0.5) is 10.5 Å². The molecule has 7 nitrogen and oxygen atoms in total. The Hall–Kier alpha value is -3.65. The number of ether oxygens (including phenoxy) is 2. The number of carbonyl (C=O) groups excluding carboxylic acids is 1. The van der Waals surface area contributed by atoms with Gasteiger partial charge in [-0.25, -0.2) is 14.8 Å². The zero-order chi connectivity index (χ0) is 20.9. The topological polar surface area (TPSA) is 85.4 Å². The highest BCUT2D eigenvalue weighted by Crippen LogP contribution is 2.31. The van der Waals surface area contributed by atoms with Crippen molar-refractivity contribution in [2.45, 2.75) is 13.5 Å². The van der Waals surface area contributed by atoms with Crippen LogP contribution in [0, 0.1) is 6.92 Å². The number of methoxy groups -OCH3 is 1. The molecule has 30 heavy (non-hydrogen) atoms. The van der Waals surface area contributed by atoms with Gasteiger partial charge in [0, 0.05) is 6.07 Å². The number of aryl methyl sites for hydroxylation is 1. The highest BCUT2D eigenvalue weighted by atomic mass is 32.1. The number of benzene rings is 2. The number of amides is 2. The molecule has 0 unspecified atom stereocenters. The summed E-state index contributed by atoms with van der Waals surface area (Å²) in [6.45, 7) is 2.33. The predicted molar refractivity (Wildman–Crippen MR) is 118 cm³/mol. The van der Waals surface area contributed by atoms with Crippen LogP contribution in [-0.2, 0) is 6.54 Å². The van der Waals surface area contributed by atoms with Crippen LogP contribution >= 0.6 is 11.3 Å². The van der Waals surface area contributed by atoms with E-state index < -0.39 is 0 Å². The highest BCUT2D eigenvalue weighted by Gasteiger charge is 2.09. The van der Waals surface area contributed by atoms with E-state index in [9.17, 15) is 4.79 Å². The van der Waals surface area contributed by atoms with Crippen LogP contribution in [0.3, 0.4) is 0 Å². The van der Waals surface area contributed by atoms with Gasteiger partial charge in [-0.3, -0.25) is 0 Å². The lowest BCUT2D eigenvalue weighted by Crippen LogP contribution is -2.28. The molecule has 0 aliphatic rings. The van der Waals surface area contributed by atoms with E-state index in [4.69, 9.17) is 9.47 Å². The SMILES string of the molecule is COc1cc(C)ccc1Oc1ccc(NC(=O)NCc2nc3ccccc3s2)cn1. The minimum atomic E-state index is -0.329. The van der Waals surface area contributed by atoms with Gasteiger partial charge >= 0.3 is 6.03 Å². The molecule has 4 rings (SSSR count). The first-order valence-electron chi connectivity index (χ1n) is 9.28. The zero-order valence-corrected chi connectivity index (χ0v) is 17.3. The standard InChI is InChI=1S/C22H20N4O3S/c1-14-7-9-17(18(11-14)28-2)29-20-10-8-15(12-23-20)25-22(27)24-13-21-26-16-5-3-4-6-19(16)30-21/h3-12H,13H2,1-2H3,(H2,24,25,27). The third kappa shape index (κ3) is 4.66. The van der Waals surface area contributed by atoms with Crippen molar-refractivity contribution >= 4 is 33.3 Å². The minimum Gasteiger partial charge on any atom is -0.493 e. The van der Waals surface area contributed by atoms with Gasteiger partial charge in [0.05, 0.1) is 35.8 Å². The number of hydrogen-bond acceptors (Lipinski definition) is 6. The van der Waals surface area contributed by atoms with Crippen molar-refractivity contribution in [2.75, 3.05) is 12.4 Å². The number of carbonyl (C=O) groups is 1. The number of nitrogens with one attached hydrogen (secondary N) is 2. The fraction of sp³-hybridized carbons (Fsp3) is 0.136. The van der Waals surface area contributed by atoms with E-state index in [1.165, 1.54) is 6.20 Å². The van der Waals surface area contributed by atoms with Crippen molar-refractivity contribution in [1.82, 2.24) is 15.3 Å². The Kier molecular flexibility index (Phi) is 5.76. The van der Waals surface area contributed by atoms with Crippen molar-refractivity contribution in [1.29, 1.82) is 0 Å². The maximum atomic E-state index is 12.2. The third-order valence-electron chi connectivity index (χ3n) is 4.27. The molecule has 0 aliphatic carbocycles. The molecule has 4 aromatic rings. The number of pyridine rings is 1. The molecular formula is C22H20N4O3S. The highest BCUT2D eigenvalue weighted by molar-refractivity contribution is 7.18. The molecule has 0 bridgehead atoms. The summed E-state index contributed by atoms with van der Waals surface area (Å²) in [4.78, 5) is 20.9. The van der Waals surface area contributed by atoms with Gasteiger partial charge in [-0.1, -0.05) is 18.2 Å². The average Bonchev–Trinajstić information content (AvgIpc) is 3.18. The Morgan fingerprint density at radius 2 is 1.97 bits per heavy atom. The van der Waals surface area contributed by atoms with Gasteiger partial charge in [0.1, 0.15) is 5.01 Å². The number of nitrogens with zero attached hydrogens (tertiary/aromatic N) is 2. The fourth-order valence-electron chi connectivity index (χ4n) is 2.81. The lowest BCUT2D eigenvalue weighted by molar-refractivity contribution is 0.251. The summed E-state index contributed by atoms with van der Waals surface area (Å²) in [5, 5.41) is 6.40. The van der Waals surface area contributed by atoms with Gasteiger partial charge in [0.2, 0.25) is 5.88 Å². The van der Waals surface area contributed by atoms with Crippen LogP contribution in [0.5, 0.6) is 17.4 Å². The summed E-state index contributed by atoms with van der Waals surface area (Å²) in [5.41, 5.74) is 2.56. The second-order valence-electron chi connectivity index (χ2n) is 6.52. The van der Waals surface area contributed by atoms with Gasteiger partial charge < -0.3 is 20.1 Å². The summed E-state index contributed by atoms with van der Waals surface area (Å²) >= 11 is 1.56. The van der Waals surface area contributed by atoms with Crippen LogP contribution in [-0.4, -0.2) is 23.1 Å². The molecule has 2 N–H and O–H groups in total. The number of thiazole rings is 1. The Morgan fingerprint density at radius 1 is 1.10 bits per heavy atom. The molecular weight excluding hydrogens is 400 g/mol. The number of urea groups is 1. The molecule has 0 atom stereocenters. The lowest BCUT2D eigenvalue weighted by Gasteiger charge is -2.11. The molecule has 2 aromatic heterocycles. The first-order chi connectivity index (χ1) is 14.6. The van der Waals surface area contributed by atoms with E-state index in [1.807, 2.05) is 49.4 Å². The molecule has 0 fully saturated rings. The Bertz CT molecular complexity index is 1140. The maximum absolute atomic E-state index is 12.2. The number of anilines is 1. The van der Waals surface area contributed by atoms with Gasteiger partial charge in [0.15, 0.2) is 11.5 Å². The lowest BCUT2D eigenvalue weighted by atomic mass is 10.2. The molecule has 8 heteroatoms. The molecule has 0 radical (unpaired) electrons. The smallest absolute Gasteiger partial charge is 0.319 e. The van der Waals surface area contributed by atoms with Crippen molar-refractivity contribution in [3.63, 3.8) is 0 Å². The fourth-order valence-corrected chi connectivity index (χ4v) is 3.72. The summed E-state index contributed by atoms with van der Waals surface area (Å²) in [6.07, 6.45) is 1.53. The van der Waals surface area contributed by atoms with E-state index in [0.29, 0.717) is 29.6 Å². The van der Waals surface area contributed by atoms with E-state index in [1.54, 1.807) is 30.6 Å².